The molecule has 1 aromatic carbocycles. The fourth-order valence-corrected chi connectivity index (χ4v) is 2.07. The van der Waals surface area contributed by atoms with Gasteiger partial charge in [0, 0.05) is 23.7 Å². The van der Waals surface area contributed by atoms with Crippen molar-refractivity contribution in [3.05, 3.63) is 23.9 Å². The number of anilines is 1. The molecule has 2 rings (SSSR count). The van der Waals surface area contributed by atoms with Gasteiger partial charge in [-0.25, -0.2) is 0 Å². The van der Waals surface area contributed by atoms with E-state index in [1.165, 1.54) is 0 Å². The lowest BCUT2D eigenvalue weighted by molar-refractivity contribution is 0.0713. The summed E-state index contributed by atoms with van der Waals surface area (Å²) in [5.74, 6) is -0.0654. The van der Waals surface area contributed by atoms with Crippen LogP contribution < -0.4 is 5.73 Å². The fourth-order valence-electron chi connectivity index (χ4n) is 2.07. The van der Waals surface area contributed by atoms with Crippen LogP contribution in [0.2, 0.25) is 0 Å². The first kappa shape index (κ1) is 12.4. The third kappa shape index (κ3) is 2.03. The number of nitrogens with zero attached hydrogens (tertiary/aromatic N) is 2. The highest BCUT2D eigenvalue weighted by molar-refractivity contribution is 6.05. The van der Waals surface area contributed by atoms with Crippen LogP contribution >= 0.6 is 0 Å². The van der Waals surface area contributed by atoms with Crippen molar-refractivity contribution in [3.8, 4) is 0 Å². The molecule has 0 spiro atoms. The first-order chi connectivity index (χ1) is 8.54. The Morgan fingerprint density at radius 2 is 2.22 bits per heavy atom. The van der Waals surface area contributed by atoms with Crippen LogP contribution in [-0.2, 0) is 0 Å². The third-order valence-electron chi connectivity index (χ3n) is 3.01. The van der Waals surface area contributed by atoms with Gasteiger partial charge in [-0.1, -0.05) is 0 Å². The molecule has 3 N–H and O–H groups in total. The second-order valence-electron chi connectivity index (χ2n) is 4.56. The van der Waals surface area contributed by atoms with Crippen molar-refractivity contribution in [2.24, 2.45) is 0 Å². The molecule has 0 saturated heterocycles. The van der Waals surface area contributed by atoms with Crippen LogP contribution in [0.25, 0.3) is 10.9 Å². The summed E-state index contributed by atoms with van der Waals surface area (Å²) in [6.45, 7) is 6.60. The fraction of sp³-hybridized carbons (Fsp3) is 0.385. The van der Waals surface area contributed by atoms with Crippen LogP contribution in [0, 0.1) is 0 Å². The van der Waals surface area contributed by atoms with Gasteiger partial charge < -0.3 is 10.6 Å². The van der Waals surface area contributed by atoms with Gasteiger partial charge in [0.15, 0.2) is 5.69 Å². The van der Waals surface area contributed by atoms with Crippen molar-refractivity contribution in [3.63, 3.8) is 0 Å². The summed E-state index contributed by atoms with van der Waals surface area (Å²) in [6.07, 6.45) is 0. The second kappa shape index (κ2) is 4.68. The number of nitrogens with one attached hydrogen (secondary N) is 1. The third-order valence-corrected chi connectivity index (χ3v) is 3.01. The van der Waals surface area contributed by atoms with E-state index in [-0.39, 0.29) is 11.9 Å². The van der Waals surface area contributed by atoms with Crippen molar-refractivity contribution < 1.29 is 4.79 Å². The quantitative estimate of drug-likeness (QED) is 0.813. The summed E-state index contributed by atoms with van der Waals surface area (Å²) in [7, 11) is 0. The molecule has 0 aliphatic carbocycles. The Bertz CT molecular complexity index is 573. The Balaban J connectivity index is 2.47. The molecule has 18 heavy (non-hydrogen) atoms. The molecule has 0 saturated carbocycles. The van der Waals surface area contributed by atoms with E-state index >= 15 is 0 Å². The maximum atomic E-state index is 12.4. The summed E-state index contributed by atoms with van der Waals surface area (Å²) in [5, 5.41) is 7.75. The number of aromatic nitrogens is 2. The van der Waals surface area contributed by atoms with Crippen molar-refractivity contribution in [1.82, 2.24) is 15.1 Å². The minimum atomic E-state index is -0.0654. The molecule has 0 bridgehead atoms. The Hall–Kier alpha value is -2.04. The SMILES string of the molecule is CCN(C(=O)c1n[nH]c2ccc(N)cc12)C(C)C. The average Bonchev–Trinajstić information content (AvgIpc) is 2.71. The number of rotatable bonds is 3. The molecule has 0 fully saturated rings. The molecule has 5 nitrogen and oxygen atoms in total. The summed E-state index contributed by atoms with van der Waals surface area (Å²) in [6, 6.07) is 5.55. The van der Waals surface area contributed by atoms with Crippen LogP contribution in [0.15, 0.2) is 18.2 Å². The molecule has 0 aliphatic rings. The van der Waals surface area contributed by atoms with Crippen LogP contribution in [0.3, 0.4) is 0 Å². The van der Waals surface area contributed by atoms with E-state index in [2.05, 4.69) is 10.2 Å². The first-order valence-electron chi connectivity index (χ1n) is 6.09. The highest BCUT2D eigenvalue weighted by Crippen LogP contribution is 2.20. The van der Waals surface area contributed by atoms with Crippen molar-refractivity contribution >= 4 is 22.5 Å². The molecular formula is C13H18N4O. The molecule has 1 heterocycles. The minimum Gasteiger partial charge on any atom is -0.399 e. The smallest absolute Gasteiger partial charge is 0.275 e. The van der Waals surface area contributed by atoms with Crippen LogP contribution in [0.1, 0.15) is 31.3 Å². The van der Waals surface area contributed by atoms with E-state index in [0.717, 1.165) is 10.9 Å². The van der Waals surface area contributed by atoms with Gasteiger partial charge in [0.2, 0.25) is 0 Å². The molecule has 1 amide bonds. The van der Waals surface area contributed by atoms with E-state index in [0.29, 0.717) is 17.9 Å². The lowest BCUT2D eigenvalue weighted by atomic mass is 10.1. The molecule has 0 radical (unpaired) electrons. The van der Waals surface area contributed by atoms with Gasteiger partial charge in [-0.15, -0.1) is 0 Å². The van der Waals surface area contributed by atoms with Crippen molar-refractivity contribution in [2.75, 3.05) is 12.3 Å². The summed E-state index contributed by atoms with van der Waals surface area (Å²) in [4.78, 5) is 14.2. The number of fused-ring (bicyclic) bond motifs is 1. The topological polar surface area (TPSA) is 75.0 Å². The lowest BCUT2D eigenvalue weighted by Gasteiger charge is -2.24. The van der Waals surface area contributed by atoms with E-state index in [1.807, 2.05) is 26.8 Å². The number of carbonyl (C=O) groups excluding carboxylic acids is 1. The van der Waals surface area contributed by atoms with Crippen molar-refractivity contribution in [1.29, 1.82) is 0 Å². The number of hydrogen-bond acceptors (Lipinski definition) is 3. The number of aromatic amines is 1. The highest BCUT2D eigenvalue weighted by atomic mass is 16.2. The molecule has 5 heteroatoms. The number of nitrogens with two attached hydrogens (primary N) is 1. The van der Waals surface area contributed by atoms with Crippen LogP contribution in [-0.4, -0.2) is 33.6 Å². The highest BCUT2D eigenvalue weighted by Gasteiger charge is 2.21. The number of carbonyl (C=O) groups is 1. The van der Waals surface area contributed by atoms with E-state index < -0.39 is 0 Å². The number of amides is 1. The van der Waals surface area contributed by atoms with Gasteiger partial charge in [0.25, 0.3) is 5.91 Å². The lowest BCUT2D eigenvalue weighted by Crippen LogP contribution is -2.37. The van der Waals surface area contributed by atoms with E-state index in [1.54, 1.807) is 17.0 Å². The zero-order valence-electron chi connectivity index (χ0n) is 10.9. The average molecular weight is 246 g/mol. The van der Waals surface area contributed by atoms with Gasteiger partial charge in [-0.2, -0.15) is 5.10 Å². The monoisotopic (exact) mass is 246 g/mol. The molecular weight excluding hydrogens is 228 g/mol. The number of benzene rings is 1. The zero-order chi connectivity index (χ0) is 13.3. The minimum absolute atomic E-state index is 0.0654. The number of H-pyrrole nitrogens is 1. The molecule has 96 valence electrons. The summed E-state index contributed by atoms with van der Waals surface area (Å²) < 4.78 is 0. The Morgan fingerprint density at radius 1 is 1.50 bits per heavy atom. The van der Waals surface area contributed by atoms with E-state index in [9.17, 15) is 4.79 Å². The first-order valence-corrected chi connectivity index (χ1v) is 6.09. The normalized spacial score (nSPS) is 11.1. The van der Waals surface area contributed by atoms with Gasteiger partial charge in [-0.05, 0) is 39.0 Å². The predicted octanol–water partition coefficient (Wildman–Crippen LogP) is 2.02. The molecule has 0 aliphatic heterocycles. The maximum absolute atomic E-state index is 12.4. The van der Waals surface area contributed by atoms with Crippen LogP contribution in [0.4, 0.5) is 5.69 Å². The zero-order valence-corrected chi connectivity index (χ0v) is 10.9. The van der Waals surface area contributed by atoms with Gasteiger partial charge in [0.1, 0.15) is 0 Å². The Labute approximate surface area is 106 Å². The summed E-state index contributed by atoms with van der Waals surface area (Å²) in [5.41, 5.74) is 7.65. The maximum Gasteiger partial charge on any atom is 0.275 e. The number of nitrogen functional groups attached to an aromatic ring is 1. The standard InChI is InChI=1S/C13H18N4O/c1-4-17(8(2)3)13(18)12-10-7-9(14)5-6-11(10)15-16-12/h5-8H,4,14H2,1-3H3,(H,15,16). The second-order valence-corrected chi connectivity index (χ2v) is 4.56. The largest absolute Gasteiger partial charge is 0.399 e. The van der Waals surface area contributed by atoms with E-state index in [4.69, 9.17) is 5.73 Å². The van der Waals surface area contributed by atoms with Crippen LogP contribution in [0.5, 0.6) is 0 Å². The van der Waals surface area contributed by atoms with Gasteiger partial charge in [-0.3, -0.25) is 9.89 Å². The Kier molecular flexibility index (Phi) is 3.23. The molecule has 2 aromatic rings. The molecule has 1 aromatic heterocycles. The summed E-state index contributed by atoms with van der Waals surface area (Å²) >= 11 is 0. The predicted molar refractivity (Wildman–Crippen MR) is 72.4 cm³/mol. The van der Waals surface area contributed by atoms with Crippen molar-refractivity contribution in [2.45, 2.75) is 26.8 Å². The Morgan fingerprint density at radius 3 is 2.83 bits per heavy atom. The molecule has 0 unspecified atom stereocenters. The van der Waals surface area contributed by atoms with Gasteiger partial charge >= 0.3 is 0 Å². The molecule has 0 atom stereocenters. The number of hydrogen-bond donors (Lipinski definition) is 2. The van der Waals surface area contributed by atoms with Gasteiger partial charge in [0.05, 0.1) is 5.52 Å².